The number of hydrogen-bond donors (Lipinski definition) is 1. The summed E-state index contributed by atoms with van der Waals surface area (Å²) in [5.41, 5.74) is -3.80. The highest BCUT2D eigenvalue weighted by molar-refractivity contribution is 7.88. The number of aromatic nitrogens is 2. The first-order chi connectivity index (χ1) is 17.0. The van der Waals surface area contributed by atoms with Gasteiger partial charge in [0.1, 0.15) is 23.9 Å². The molecule has 0 fully saturated rings. The molecule has 8 nitrogen and oxygen atoms in total. The Hall–Kier alpha value is -3.93. The molecule has 0 amide bonds. The molecule has 0 spiro atoms. The lowest BCUT2D eigenvalue weighted by molar-refractivity contribution is -0.141. The summed E-state index contributed by atoms with van der Waals surface area (Å²) in [6, 6.07) is 14.9. The average molecular weight is 540 g/mol. The van der Waals surface area contributed by atoms with E-state index in [2.05, 4.69) is 26.0 Å². The standard InChI is InChI=1S/C21H18F3N3O5S.C3H6.CH4/c1-31-20(28)18(11-14-5-3-2-4-6-14)27-19-12-17(25-13-26-19)15-7-9-16(10-8-15)32-33(29,30)21(22,23)24;1-3-2;/h2-10,12-13,18H,11H2,1H3,(H,25,26,27);3H,1H2,2H3;1H4. The molecule has 0 saturated carbocycles. The second-order valence-corrected chi connectivity index (χ2v) is 8.65. The van der Waals surface area contributed by atoms with E-state index in [0.717, 1.165) is 17.7 Å². The molecular formula is C25H28F3N3O5S. The van der Waals surface area contributed by atoms with Gasteiger partial charge in [0.05, 0.1) is 12.8 Å². The van der Waals surface area contributed by atoms with Gasteiger partial charge in [0.2, 0.25) is 0 Å². The fourth-order valence-corrected chi connectivity index (χ4v) is 3.27. The van der Waals surface area contributed by atoms with Crippen LogP contribution in [0.1, 0.15) is 19.9 Å². The van der Waals surface area contributed by atoms with E-state index in [1.165, 1.54) is 31.6 Å². The van der Waals surface area contributed by atoms with Gasteiger partial charge < -0.3 is 14.2 Å². The molecule has 1 unspecified atom stereocenters. The predicted octanol–water partition coefficient (Wildman–Crippen LogP) is 5.40. The predicted molar refractivity (Wildman–Crippen MR) is 135 cm³/mol. The number of methoxy groups -OCH3 is 1. The third-order valence-corrected chi connectivity index (χ3v) is 5.38. The normalized spacial score (nSPS) is 11.6. The molecule has 0 radical (unpaired) electrons. The smallest absolute Gasteiger partial charge is 0.467 e. The van der Waals surface area contributed by atoms with Crippen molar-refractivity contribution in [3.05, 3.63) is 85.2 Å². The number of benzene rings is 2. The molecule has 37 heavy (non-hydrogen) atoms. The monoisotopic (exact) mass is 539 g/mol. The molecule has 1 aromatic heterocycles. The quantitative estimate of drug-likeness (QED) is 0.176. The van der Waals surface area contributed by atoms with Crippen molar-refractivity contribution < 1.29 is 35.3 Å². The molecule has 12 heteroatoms. The van der Waals surface area contributed by atoms with Gasteiger partial charge >= 0.3 is 21.6 Å². The number of allylic oxidation sites excluding steroid dienone is 1. The number of nitrogens with zero attached hydrogens (tertiary/aromatic N) is 2. The lowest BCUT2D eigenvalue weighted by Gasteiger charge is -2.17. The maximum Gasteiger partial charge on any atom is 0.534 e. The van der Waals surface area contributed by atoms with Crippen LogP contribution >= 0.6 is 0 Å². The van der Waals surface area contributed by atoms with E-state index in [0.29, 0.717) is 23.5 Å². The molecule has 0 aliphatic rings. The van der Waals surface area contributed by atoms with Crippen LogP contribution in [0.2, 0.25) is 0 Å². The number of carbonyl (C=O) groups is 1. The summed E-state index contributed by atoms with van der Waals surface area (Å²) in [5, 5.41) is 2.99. The molecule has 0 aliphatic heterocycles. The van der Waals surface area contributed by atoms with Crippen LogP contribution in [0.15, 0.2) is 79.6 Å². The van der Waals surface area contributed by atoms with Crippen molar-refractivity contribution in [3.8, 4) is 17.0 Å². The van der Waals surface area contributed by atoms with Gasteiger partial charge in [0, 0.05) is 18.1 Å². The lowest BCUT2D eigenvalue weighted by Crippen LogP contribution is -2.33. The molecule has 1 atom stereocenters. The van der Waals surface area contributed by atoms with Crippen LogP contribution in [0.3, 0.4) is 0 Å². The Balaban J connectivity index is 0.00000163. The van der Waals surface area contributed by atoms with Gasteiger partial charge in [-0.1, -0.05) is 43.8 Å². The van der Waals surface area contributed by atoms with Crippen LogP contribution in [0.4, 0.5) is 19.0 Å². The van der Waals surface area contributed by atoms with Crippen LogP contribution in [0.25, 0.3) is 11.3 Å². The van der Waals surface area contributed by atoms with Gasteiger partial charge in [-0.05, 0) is 36.8 Å². The zero-order valence-electron chi connectivity index (χ0n) is 19.4. The Kier molecular flexibility index (Phi) is 11.7. The fourth-order valence-electron chi connectivity index (χ4n) is 2.81. The second-order valence-electron chi connectivity index (χ2n) is 7.11. The molecular weight excluding hydrogens is 511 g/mol. The van der Waals surface area contributed by atoms with Crippen molar-refractivity contribution >= 4 is 21.9 Å². The maximum atomic E-state index is 12.5. The van der Waals surface area contributed by atoms with Gasteiger partial charge in [-0.15, -0.1) is 6.58 Å². The summed E-state index contributed by atoms with van der Waals surface area (Å²) < 4.78 is 68.6. The minimum Gasteiger partial charge on any atom is -0.467 e. The summed E-state index contributed by atoms with van der Waals surface area (Å²) in [6.45, 7) is 5.25. The van der Waals surface area contributed by atoms with E-state index in [4.69, 9.17) is 4.74 Å². The molecule has 0 saturated heterocycles. The van der Waals surface area contributed by atoms with Crippen LogP contribution in [-0.2, 0) is 26.1 Å². The van der Waals surface area contributed by atoms with Gasteiger partial charge in [-0.2, -0.15) is 21.6 Å². The largest absolute Gasteiger partial charge is 0.534 e. The number of nitrogens with one attached hydrogen (secondary N) is 1. The number of halogens is 3. The number of hydrogen-bond acceptors (Lipinski definition) is 8. The highest BCUT2D eigenvalue weighted by Gasteiger charge is 2.48. The third kappa shape index (κ3) is 9.22. The Labute approximate surface area is 214 Å². The first-order valence-electron chi connectivity index (χ1n) is 10.4. The third-order valence-electron chi connectivity index (χ3n) is 4.40. The van der Waals surface area contributed by atoms with Crippen LogP contribution in [0.5, 0.6) is 5.75 Å². The molecule has 0 aliphatic carbocycles. The van der Waals surface area contributed by atoms with E-state index in [9.17, 15) is 26.4 Å². The van der Waals surface area contributed by atoms with E-state index < -0.39 is 33.4 Å². The molecule has 200 valence electrons. The van der Waals surface area contributed by atoms with Crippen LogP contribution in [0, 0.1) is 0 Å². The number of rotatable bonds is 8. The molecule has 1 N–H and O–H groups in total. The number of carbonyl (C=O) groups excluding carboxylic acids is 1. The molecule has 2 aromatic carbocycles. The van der Waals surface area contributed by atoms with Crippen molar-refractivity contribution in [2.75, 3.05) is 12.4 Å². The highest BCUT2D eigenvalue weighted by atomic mass is 32.2. The molecule has 0 bridgehead atoms. The van der Waals surface area contributed by atoms with Gasteiger partial charge in [0.25, 0.3) is 0 Å². The average Bonchev–Trinajstić information content (AvgIpc) is 2.84. The number of ether oxygens (including phenoxy) is 1. The lowest BCUT2D eigenvalue weighted by atomic mass is 10.1. The van der Waals surface area contributed by atoms with Crippen molar-refractivity contribution in [3.63, 3.8) is 0 Å². The van der Waals surface area contributed by atoms with Gasteiger partial charge in [-0.3, -0.25) is 0 Å². The van der Waals surface area contributed by atoms with E-state index >= 15 is 0 Å². The fraction of sp³-hybridized carbons (Fsp3) is 0.240. The van der Waals surface area contributed by atoms with E-state index in [1.807, 2.05) is 37.3 Å². The first kappa shape index (κ1) is 31.1. The van der Waals surface area contributed by atoms with E-state index in [-0.39, 0.29) is 7.43 Å². The molecule has 1 heterocycles. The first-order valence-corrected chi connectivity index (χ1v) is 11.8. The number of anilines is 1. The molecule has 3 aromatic rings. The van der Waals surface area contributed by atoms with Crippen molar-refractivity contribution in [2.24, 2.45) is 0 Å². The SMILES string of the molecule is C.C=CC.COC(=O)C(Cc1ccccc1)Nc1cc(-c2ccc(OS(=O)(=O)C(F)(F)F)cc2)ncn1. The summed E-state index contributed by atoms with van der Waals surface area (Å²) in [6.07, 6.45) is 3.33. The Morgan fingerprint density at radius 1 is 1.11 bits per heavy atom. The van der Waals surface area contributed by atoms with Crippen molar-refractivity contribution in [1.29, 1.82) is 0 Å². The summed E-state index contributed by atoms with van der Waals surface area (Å²) in [4.78, 5) is 20.4. The molecule has 3 rings (SSSR count). The Bertz CT molecular complexity index is 1250. The zero-order valence-corrected chi connectivity index (χ0v) is 20.2. The summed E-state index contributed by atoms with van der Waals surface area (Å²) >= 11 is 0. The Morgan fingerprint density at radius 2 is 1.70 bits per heavy atom. The van der Waals surface area contributed by atoms with Crippen molar-refractivity contribution in [2.45, 2.75) is 32.3 Å². The minimum absolute atomic E-state index is 0. The second kappa shape index (κ2) is 14.0. The van der Waals surface area contributed by atoms with Gasteiger partial charge in [0.15, 0.2) is 0 Å². The van der Waals surface area contributed by atoms with Crippen LogP contribution < -0.4 is 9.50 Å². The highest BCUT2D eigenvalue weighted by Crippen LogP contribution is 2.28. The van der Waals surface area contributed by atoms with Crippen LogP contribution in [-0.4, -0.2) is 43.0 Å². The van der Waals surface area contributed by atoms with Crippen molar-refractivity contribution in [1.82, 2.24) is 9.97 Å². The maximum absolute atomic E-state index is 12.5. The topological polar surface area (TPSA) is 107 Å². The summed E-state index contributed by atoms with van der Waals surface area (Å²) in [7, 11) is -4.49. The zero-order chi connectivity index (χ0) is 26.8. The summed E-state index contributed by atoms with van der Waals surface area (Å²) in [5.74, 6) is -0.685. The number of alkyl halides is 3. The Morgan fingerprint density at radius 3 is 2.24 bits per heavy atom. The minimum atomic E-state index is -5.76. The van der Waals surface area contributed by atoms with Gasteiger partial charge in [-0.25, -0.2) is 14.8 Å². The van der Waals surface area contributed by atoms with E-state index in [1.54, 1.807) is 6.08 Å². The number of esters is 1.